The summed E-state index contributed by atoms with van der Waals surface area (Å²) in [5.74, 6) is 0.600. The van der Waals surface area contributed by atoms with Crippen molar-refractivity contribution in [3.8, 4) is 22.8 Å². The highest BCUT2D eigenvalue weighted by molar-refractivity contribution is 7.86. The molecule has 10 heteroatoms. The minimum atomic E-state index is -3.76. The summed E-state index contributed by atoms with van der Waals surface area (Å²) < 4.78 is 47.6. The summed E-state index contributed by atoms with van der Waals surface area (Å²) >= 11 is 6.41. The molecule has 0 amide bonds. The highest BCUT2D eigenvalue weighted by atomic mass is 35.5. The summed E-state index contributed by atoms with van der Waals surface area (Å²) in [6, 6.07) is 10.1. The molecule has 2 unspecified atom stereocenters. The minimum Gasteiger partial charge on any atom is -0.496 e. The fourth-order valence-electron chi connectivity index (χ4n) is 4.92. The predicted octanol–water partition coefficient (Wildman–Crippen LogP) is 4.67. The zero-order chi connectivity index (χ0) is 26.0. The van der Waals surface area contributed by atoms with E-state index in [1.54, 1.807) is 30.3 Å². The molecule has 8 nitrogen and oxygen atoms in total. The molecule has 1 fully saturated rings. The molecule has 4 rings (SSSR count). The first kappa shape index (κ1) is 26.5. The van der Waals surface area contributed by atoms with Crippen LogP contribution in [0.15, 0.2) is 45.6 Å². The molecule has 2 aromatic carbocycles. The van der Waals surface area contributed by atoms with Crippen LogP contribution in [0, 0.1) is 0 Å². The lowest BCUT2D eigenvalue weighted by molar-refractivity contribution is 0.0739. The van der Waals surface area contributed by atoms with E-state index in [0.29, 0.717) is 46.4 Å². The van der Waals surface area contributed by atoms with Crippen molar-refractivity contribution in [1.29, 1.82) is 0 Å². The van der Waals surface area contributed by atoms with Gasteiger partial charge in [-0.1, -0.05) is 30.7 Å². The van der Waals surface area contributed by atoms with E-state index in [-0.39, 0.29) is 16.4 Å². The van der Waals surface area contributed by atoms with Gasteiger partial charge in [-0.25, -0.2) is 0 Å². The average molecular weight is 536 g/mol. The predicted molar refractivity (Wildman–Crippen MR) is 140 cm³/mol. The summed E-state index contributed by atoms with van der Waals surface area (Å²) in [5, 5.41) is 0.681. The minimum absolute atomic E-state index is 0.248. The Bertz CT molecular complexity index is 1420. The Kier molecular flexibility index (Phi) is 7.94. The van der Waals surface area contributed by atoms with Crippen LogP contribution < -0.4 is 14.9 Å². The van der Waals surface area contributed by atoms with Crippen LogP contribution in [0.3, 0.4) is 0 Å². The Balaban J connectivity index is 1.99. The second-order valence-corrected chi connectivity index (χ2v) is 10.9. The number of methoxy groups -OCH3 is 2. The van der Waals surface area contributed by atoms with E-state index >= 15 is 0 Å². The lowest BCUT2D eigenvalue weighted by Gasteiger charge is -2.38. The van der Waals surface area contributed by atoms with Crippen molar-refractivity contribution in [2.75, 3.05) is 40.1 Å². The summed E-state index contributed by atoms with van der Waals surface area (Å²) in [6.07, 6.45) is 1.86. The Morgan fingerprint density at radius 2 is 1.86 bits per heavy atom. The monoisotopic (exact) mass is 535 g/mol. The van der Waals surface area contributed by atoms with Gasteiger partial charge in [0.05, 0.1) is 31.6 Å². The third-order valence-corrected chi connectivity index (χ3v) is 7.32. The van der Waals surface area contributed by atoms with Crippen molar-refractivity contribution in [3.05, 3.63) is 57.2 Å². The van der Waals surface area contributed by atoms with Gasteiger partial charge in [0.2, 0.25) is 0 Å². The van der Waals surface area contributed by atoms with Crippen LogP contribution in [0.4, 0.5) is 0 Å². The van der Waals surface area contributed by atoms with Gasteiger partial charge in [-0.2, -0.15) is 8.42 Å². The molecule has 0 saturated carbocycles. The molecule has 1 saturated heterocycles. The number of nitrogens with zero attached hydrogens (tertiary/aromatic N) is 1. The van der Waals surface area contributed by atoms with E-state index in [4.69, 9.17) is 29.7 Å². The van der Waals surface area contributed by atoms with Gasteiger partial charge in [0.25, 0.3) is 10.1 Å². The first-order chi connectivity index (χ1) is 17.2. The van der Waals surface area contributed by atoms with Crippen molar-refractivity contribution < 1.29 is 26.5 Å². The van der Waals surface area contributed by atoms with Crippen molar-refractivity contribution in [2.45, 2.75) is 31.8 Å². The summed E-state index contributed by atoms with van der Waals surface area (Å²) in [6.45, 7) is 4.04. The van der Waals surface area contributed by atoms with E-state index < -0.39 is 22.1 Å². The van der Waals surface area contributed by atoms with Crippen LogP contribution in [0.25, 0.3) is 22.3 Å². The van der Waals surface area contributed by atoms with Crippen molar-refractivity contribution in [3.63, 3.8) is 0 Å². The maximum absolute atomic E-state index is 13.4. The van der Waals surface area contributed by atoms with E-state index in [0.717, 1.165) is 25.8 Å². The number of hydrogen-bond acceptors (Lipinski definition) is 8. The number of ether oxygens (including phenoxy) is 2. The molecule has 194 valence electrons. The smallest absolute Gasteiger partial charge is 0.264 e. The van der Waals surface area contributed by atoms with Gasteiger partial charge in [-0.15, -0.1) is 0 Å². The molecule has 1 aliphatic heterocycles. The second kappa shape index (κ2) is 10.8. The Labute approximate surface area is 215 Å². The normalized spacial score (nSPS) is 18.9. The van der Waals surface area contributed by atoms with Gasteiger partial charge in [-0.3, -0.25) is 8.98 Å². The fraction of sp³-hybridized carbons (Fsp3) is 0.423. The summed E-state index contributed by atoms with van der Waals surface area (Å²) in [5.41, 5.74) is 1.09. The topological polar surface area (TPSA) is 95.3 Å². The number of hydrogen-bond donors (Lipinski definition) is 0. The van der Waals surface area contributed by atoms with Gasteiger partial charge < -0.3 is 18.8 Å². The zero-order valence-corrected chi connectivity index (χ0v) is 22.3. The number of halogens is 1. The van der Waals surface area contributed by atoms with Crippen LogP contribution in [0.1, 0.15) is 31.2 Å². The molecule has 0 spiro atoms. The van der Waals surface area contributed by atoms with Crippen LogP contribution >= 0.6 is 11.6 Å². The van der Waals surface area contributed by atoms with E-state index in [2.05, 4.69) is 11.8 Å². The van der Waals surface area contributed by atoms with E-state index in [1.165, 1.54) is 20.3 Å². The van der Waals surface area contributed by atoms with E-state index in [1.807, 2.05) is 0 Å². The van der Waals surface area contributed by atoms with Crippen molar-refractivity contribution >= 4 is 32.7 Å². The maximum Gasteiger partial charge on any atom is 0.264 e. The zero-order valence-electron chi connectivity index (χ0n) is 20.7. The number of benzene rings is 2. The number of fused-ring (bicyclic) bond motifs is 1. The lowest BCUT2D eigenvalue weighted by Crippen LogP contribution is -2.45. The van der Waals surface area contributed by atoms with Gasteiger partial charge in [0.15, 0.2) is 5.43 Å². The molecule has 3 aromatic rings. The largest absolute Gasteiger partial charge is 0.496 e. The quantitative estimate of drug-likeness (QED) is 0.384. The molecule has 0 radical (unpaired) electrons. The standard InChI is InChI=1S/C26H30ClNO7S/c1-5-11-28-12-10-17(23(15-28)35-36(4,30)31)24-21(32-2)14-22(33-3)25-19(29)13-20(34-26(24)25)16-8-6-7-9-18(16)27/h6-9,13-14,17,23H,5,10-12,15H2,1-4H3. The number of piperidine rings is 1. The highest BCUT2D eigenvalue weighted by Crippen LogP contribution is 2.44. The average Bonchev–Trinajstić information content (AvgIpc) is 2.83. The number of likely N-dealkylation sites (tertiary alicyclic amines) is 1. The molecule has 36 heavy (non-hydrogen) atoms. The van der Waals surface area contributed by atoms with Gasteiger partial charge in [0.1, 0.15) is 28.2 Å². The molecule has 1 aliphatic rings. The molecule has 1 aromatic heterocycles. The van der Waals surface area contributed by atoms with Crippen molar-refractivity contribution in [1.82, 2.24) is 4.90 Å². The third-order valence-electron chi connectivity index (χ3n) is 6.40. The summed E-state index contributed by atoms with van der Waals surface area (Å²) in [4.78, 5) is 15.6. The third kappa shape index (κ3) is 5.39. The Morgan fingerprint density at radius 1 is 1.14 bits per heavy atom. The highest BCUT2D eigenvalue weighted by Gasteiger charge is 2.37. The van der Waals surface area contributed by atoms with Crippen LogP contribution in [0.5, 0.6) is 11.5 Å². The van der Waals surface area contributed by atoms with Crippen LogP contribution in [0.2, 0.25) is 5.02 Å². The molecule has 0 bridgehead atoms. The summed E-state index contributed by atoms with van der Waals surface area (Å²) in [7, 11) is -0.777. The van der Waals surface area contributed by atoms with Gasteiger partial charge in [0, 0.05) is 35.7 Å². The molecular formula is C26H30ClNO7S. The maximum atomic E-state index is 13.4. The molecule has 0 N–H and O–H groups in total. The Morgan fingerprint density at radius 3 is 2.50 bits per heavy atom. The Hall–Kier alpha value is -2.59. The second-order valence-electron chi connectivity index (χ2n) is 8.89. The molecular weight excluding hydrogens is 506 g/mol. The number of rotatable bonds is 8. The van der Waals surface area contributed by atoms with Crippen LogP contribution in [-0.4, -0.2) is 59.5 Å². The first-order valence-electron chi connectivity index (χ1n) is 11.7. The first-order valence-corrected chi connectivity index (χ1v) is 13.9. The van der Waals surface area contributed by atoms with Crippen LogP contribution in [-0.2, 0) is 14.3 Å². The molecule has 2 heterocycles. The van der Waals surface area contributed by atoms with Gasteiger partial charge >= 0.3 is 0 Å². The van der Waals surface area contributed by atoms with Gasteiger partial charge in [-0.05, 0) is 38.1 Å². The van der Waals surface area contributed by atoms with E-state index in [9.17, 15) is 13.2 Å². The lowest BCUT2D eigenvalue weighted by atomic mass is 9.85. The molecule has 2 atom stereocenters. The fourth-order valence-corrected chi connectivity index (χ4v) is 5.80. The SMILES string of the molecule is CCCN1CCC(c2c(OC)cc(OC)c3c(=O)cc(-c4ccccc4Cl)oc23)C(OS(C)(=O)=O)C1. The van der Waals surface area contributed by atoms with Crippen molar-refractivity contribution in [2.24, 2.45) is 0 Å². The molecule has 0 aliphatic carbocycles.